The molecule has 0 heterocycles. The van der Waals surface area contributed by atoms with E-state index in [2.05, 4.69) is 19.2 Å². The molecule has 15 heavy (non-hydrogen) atoms. The minimum Gasteiger partial charge on any atom is -0.481 e. The summed E-state index contributed by atoms with van der Waals surface area (Å²) in [6, 6.07) is 0.469. The van der Waals surface area contributed by atoms with Crippen LogP contribution in [0.3, 0.4) is 0 Å². The van der Waals surface area contributed by atoms with Crippen molar-refractivity contribution in [3.05, 3.63) is 0 Å². The van der Waals surface area contributed by atoms with Crippen molar-refractivity contribution in [1.82, 2.24) is 5.32 Å². The summed E-state index contributed by atoms with van der Waals surface area (Å²) < 4.78 is 0. The number of hydrogen-bond acceptors (Lipinski definition) is 2. The molecule has 0 aliphatic heterocycles. The van der Waals surface area contributed by atoms with Crippen molar-refractivity contribution in [1.29, 1.82) is 0 Å². The zero-order chi connectivity index (χ0) is 11.7. The number of rotatable bonds is 4. The molecule has 0 radical (unpaired) electrons. The minimum absolute atomic E-state index is 0.314. The number of hydrogen-bond donors (Lipinski definition) is 2. The lowest BCUT2D eigenvalue weighted by Crippen LogP contribution is -2.44. The summed E-state index contributed by atoms with van der Waals surface area (Å²) in [5, 5.41) is 12.4. The third-order valence-electron chi connectivity index (χ3n) is 3.63. The molecule has 0 saturated heterocycles. The van der Waals surface area contributed by atoms with E-state index in [9.17, 15) is 4.79 Å². The van der Waals surface area contributed by atoms with Crippen molar-refractivity contribution in [2.45, 2.75) is 53.0 Å². The highest BCUT2D eigenvalue weighted by atomic mass is 16.4. The molecule has 1 aliphatic carbocycles. The molecule has 1 atom stereocenters. The van der Waals surface area contributed by atoms with E-state index in [0.717, 1.165) is 0 Å². The second-order valence-corrected chi connectivity index (χ2v) is 6.00. The van der Waals surface area contributed by atoms with E-state index in [4.69, 9.17) is 5.11 Å². The van der Waals surface area contributed by atoms with Crippen LogP contribution in [0.15, 0.2) is 0 Å². The van der Waals surface area contributed by atoms with Crippen LogP contribution in [0.25, 0.3) is 0 Å². The molecule has 0 bridgehead atoms. The van der Waals surface area contributed by atoms with Crippen molar-refractivity contribution < 1.29 is 9.90 Å². The van der Waals surface area contributed by atoms with Gasteiger partial charge < -0.3 is 10.4 Å². The zero-order valence-electron chi connectivity index (χ0n) is 10.3. The second kappa shape index (κ2) is 4.12. The van der Waals surface area contributed by atoms with Gasteiger partial charge in [0.25, 0.3) is 0 Å². The molecule has 0 spiro atoms. The predicted octanol–water partition coefficient (Wildman–Crippen LogP) is 2.27. The molecule has 1 unspecified atom stereocenters. The lowest BCUT2D eigenvalue weighted by molar-refractivity contribution is -0.146. The van der Waals surface area contributed by atoms with Crippen LogP contribution in [0.1, 0.15) is 47.0 Å². The first-order valence-corrected chi connectivity index (χ1v) is 5.72. The van der Waals surface area contributed by atoms with Crippen molar-refractivity contribution in [3.8, 4) is 0 Å². The maximum atomic E-state index is 10.9. The lowest BCUT2D eigenvalue weighted by Gasteiger charge is -2.31. The van der Waals surface area contributed by atoms with Gasteiger partial charge in [-0.1, -0.05) is 20.3 Å². The van der Waals surface area contributed by atoms with Gasteiger partial charge in [0.05, 0.1) is 5.41 Å². The Bertz CT molecular complexity index is 246. The monoisotopic (exact) mass is 213 g/mol. The van der Waals surface area contributed by atoms with Crippen molar-refractivity contribution >= 4 is 5.97 Å². The molecule has 1 saturated carbocycles. The third kappa shape index (κ3) is 2.94. The number of carbonyl (C=O) groups is 1. The van der Waals surface area contributed by atoms with Crippen molar-refractivity contribution in [2.24, 2.45) is 10.8 Å². The fourth-order valence-corrected chi connectivity index (χ4v) is 2.16. The fourth-order valence-electron chi connectivity index (χ4n) is 2.16. The molecule has 1 fully saturated rings. The highest BCUT2D eigenvalue weighted by Crippen LogP contribution is 2.37. The smallest absolute Gasteiger partial charge is 0.310 e. The van der Waals surface area contributed by atoms with Gasteiger partial charge in [-0.05, 0) is 32.1 Å². The Balaban J connectivity index is 2.47. The molecule has 2 N–H and O–H groups in total. The molecule has 1 aliphatic rings. The Kier molecular flexibility index (Phi) is 3.44. The highest BCUT2D eigenvalue weighted by molar-refractivity contribution is 5.73. The van der Waals surface area contributed by atoms with Crippen molar-refractivity contribution in [2.75, 3.05) is 6.54 Å². The van der Waals surface area contributed by atoms with Gasteiger partial charge >= 0.3 is 5.97 Å². The van der Waals surface area contributed by atoms with Crippen LogP contribution in [0.4, 0.5) is 0 Å². The molecule has 0 aromatic rings. The number of carboxylic acid groups (broad SMARTS) is 1. The van der Waals surface area contributed by atoms with Gasteiger partial charge in [0.15, 0.2) is 0 Å². The summed E-state index contributed by atoms with van der Waals surface area (Å²) in [5.74, 6) is -0.731. The standard InChI is InChI=1S/C12H23NO2/c1-11(2)7-5-6-9(11)13-8-12(3,4)10(14)15/h9,13H,5-8H2,1-4H3,(H,14,15). The van der Waals surface area contributed by atoms with Gasteiger partial charge in [0.2, 0.25) is 0 Å². The normalized spacial score (nSPS) is 25.5. The van der Waals surface area contributed by atoms with E-state index >= 15 is 0 Å². The van der Waals surface area contributed by atoms with Crippen LogP contribution in [-0.4, -0.2) is 23.7 Å². The maximum absolute atomic E-state index is 10.9. The zero-order valence-corrected chi connectivity index (χ0v) is 10.3. The van der Waals surface area contributed by atoms with Crippen LogP contribution in [-0.2, 0) is 4.79 Å². The third-order valence-corrected chi connectivity index (χ3v) is 3.63. The number of carboxylic acids is 1. The average molecular weight is 213 g/mol. The van der Waals surface area contributed by atoms with Crippen LogP contribution in [0.5, 0.6) is 0 Å². The maximum Gasteiger partial charge on any atom is 0.310 e. The molecule has 1 rings (SSSR count). The summed E-state index contributed by atoms with van der Waals surface area (Å²) in [4.78, 5) is 10.9. The summed E-state index contributed by atoms with van der Waals surface area (Å²) in [6.45, 7) is 8.60. The van der Waals surface area contributed by atoms with Crippen LogP contribution < -0.4 is 5.32 Å². The van der Waals surface area contributed by atoms with Gasteiger partial charge in [0, 0.05) is 12.6 Å². The minimum atomic E-state index is -0.731. The van der Waals surface area contributed by atoms with E-state index in [1.165, 1.54) is 19.3 Å². The molecule has 3 nitrogen and oxygen atoms in total. The Morgan fingerprint density at radius 1 is 1.53 bits per heavy atom. The SMILES string of the molecule is CC(C)(CNC1CCCC1(C)C)C(=O)O. The summed E-state index contributed by atoms with van der Waals surface area (Å²) in [5.41, 5.74) is -0.354. The van der Waals surface area contributed by atoms with Crippen LogP contribution in [0, 0.1) is 10.8 Å². The predicted molar refractivity (Wildman–Crippen MR) is 60.8 cm³/mol. The quantitative estimate of drug-likeness (QED) is 0.753. The highest BCUT2D eigenvalue weighted by Gasteiger charge is 2.36. The molecule has 0 amide bonds. The first-order valence-electron chi connectivity index (χ1n) is 5.72. The van der Waals surface area contributed by atoms with Crippen LogP contribution >= 0.6 is 0 Å². The summed E-state index contributed by atoms with van der Waals surface area (Å²) >= 11 is 0. The van der Waals surface area contributed by atoms with Crippen molar-refractivity contribution in [3.63, 3.8) is 0 Å². The van der Waals surface area contributed by atoms with E-state index in [1.807, 2.05) is 0 Å². The van der Waals surface area contributed by atoms with Gasteiger partial charge in [-0.2, -0.15) is 0 Å². The lowest BCUT2D eigenvalue weighted by atomic mass is 9.86. The Hall–Kier alpha value is -0.570. The topological polar surface area (TPSA) is 49.3 Å². The fraction of sp³-hybridized carbons (Fsp3) is 0.917. The van der Waals surface area contributed by atoms with E-state index in [-0.39, 0.29) is 0 Å². The Labute approximate surface area is 92.3 Å². The molecule has 0 aromatic heterocycles. The number of nitrogens with one attached hydrogen (secondary N) is 1. The second-order valence-electron chi connectivity index (χ2n) is 6.00. The van der Waals surface area contributed by atoms with E-state index in [1.54, 1.807) is 13.8 Å². The van der Waals surface area contributed by atoms with E-state index < -0.39 is 11.4 Å². The van der Waals surface area contributed by atoms with Gasteiger partial charge in [-0.15, -0.1) is 0 Å². The largest absolute Gasteiger partial charge is 0.481 e. The molecule has 0 aromatic carbocycles. The molecular weight excluding hydrogens is 190 g/mol. The summed E-state index contributed by atoms with van der Waals surface area (Å²) in [7, 11) is 0. The summed E-state index contributed by atoms with van der Waals surface area (Å²) in [6.07, 6.45) is 3.65. The number of aliphatic carboxylic acids is 1. The van der Waals surface area contributed by atoms with Gasteiger partial charge in [-0.3, -0.25) is 4.79 Å². The van der Waals surface area contributed by atoms with Gasteiger partial charge in [-0.25, -0.2) is 0 Å². The van der Waals surface area contributed by atoms with Gasteiger partial charge in [0.1, 0.15) is 0 Å². The molecular formula is C12H23NO2. The molecule has 88 valence electrons. The first-order chi connectivity index (χ1) is 6.76. The molecule has 3 heteroatoms. The van der Waals surface area contributed by atoms with E-state index in [0.29, 0.717) is 18.0 Å². The van der Waals surface area contributed by atoms with Crippen LogP contribution in [0.2, 0.25) is 0 Å². The average Bonchev–Trinajstić information content (AvgIpc) is 2.41. The Morgan fingerprint density at radius 3 is 2.53 bits per heavy atom. The first kappa shape index (κ1) is 12.5. The Morgan fingerprint density at radius 2 is 2.13 bits per heavy atom.